The van der Waals surface area contributed by atoms with E-state index in [2.05, 4.69) is 35.5 Å². The van der Waals surface area contributed by atoms with Gasteiger partial charge in [-0.1, -0.05) is 54.6 Å². The standard InChI is InChI=1S/C42H44N10O9S2/c1-59-30-14-8-27(9-15-30)24-51(25-28-10-16-31(60-2)17-11-28)63(57,58)39-36(62(55,56)45-23-5-22-44-42(53)54)21-20-33(34-6-4-7-35-38(34)47-41(43)46-35)37(39)40-48-49-50-52(40)26-29-12-18-32(61-3)19-13-29/h4,6-21,44-45H,5,22-26H2,1-3H3,(H,53,54)(H3,43,46,47). The molecule has 0 fully saturated rings. The first-order valence-corrected chi connectivity index (χ1v) is 22.3. The number of fused-ring (bicyclic) bond motifs is 1. The monoisotopic (exact) mass is 896 g/mol. The quantitative estimate of drug-likeness (QED) is 0.0679. The number of nitrogen functional groups attached to an aromatic ring is 1. The topological polar surface area (TPSA) is 259 Å². The van der Waals surface area contributed by atoms with E-state index in [1.54, 1.807) is 98.1 Å². The molecule has 1 amide bonds. The first-order valence-electron chi connectivity index (χ1n) is 19.3. The number of benzene rings is 5. The number of tetrazole rings is 1. The Morgan fingerprint density at radius 3 is 1.94 bits per heavy atom. The molecule has 2 aromatic heterocycles. The summed E-state index contributed by atoms with van der Waals surface area (Å²) in [6, 6.07) is 28.7. The molecule has 0 saturated carbocycles. The van der Waals surface area contributed by atoms with Gasteiger partial charge in [0.15, 0.2) is 11.8 Å². The predicted molar refractivity (Wildman–Crippen MR) is 233 cm³/mol. The lowest BCUT2D eigenvalue weighted by Gasteiger charge is -2.27. The molecule has 0 radical (unpaired) electrons. The molecule has 63 heavy (non-hydrogen) atoms. The molecule has 0 atom stereocenters. The number of H-pyrrole nitrogens is 1. The minimum absolute atomic E-state index is 0.0397. The van der Waals surface area contributed by atoms with Gasteiger partial charge in [0.1, 0.15) is 27.0 Å². The fourth-order valence-corrected chi connectivity index (χ4v) is 10.4. The molecular weight excluding hydrogens is 853 g/mol. The molecule has 0 unspecified atom stereocenters. The van der Waals surface area contributed by atoms with E-state index >= 15 is 8.42 Å². The van der Waals surface area contributed by atoms with E-state index in [9.17, 15) is 13.2 Å². The van der Waals surface area contributed by atoms with Gasteiger partial charge in [0.2, 0.25) is 20.0 Å². The Morgan fingerprint density at radius 2 is 1.37 bits per heavy atom. The second kappa shape index (κ2) is 18.9. The minimum Gasteiger partial charge on any atom is -0.497 e. The highest BCUT2D eigenvalue weighted by atomic mass is 32.2. The molecule has 0 aliphatic carbocycles. The van der Waals surface area contributed by atoms with Crippen LogP contribution in [0.4, 0.5) is 10.7 Å². The highest BCUT2D eigenvalue weighted by Crippen LogP contribution is 2.43. The van der Waals surface area contributed by atoms with Crippen molar-refractivity contribution in [2.45, 2.75) is 35.8 Å². The largest absolute Gasteiger partial charge is 0.497 e. The summed E-state index contributed by atoms with van der Waals surface area (Å²) >= 11 is 0. The molecule has 328 valence electrons. The van der Waals surface area contributed by atoms with E-state index in [1.807, 2.05) is 0 Å². The molecule has 0 spiro atoms. The van der Waals surface area contributed by atoms with Crippen LogP contribution in [0.3, 0.4) is 0 Å². The molecule has 2 heterocycles. The lowest BCUT2D eigenvalue weighted by Crippen LogP contribution is -2.34. The van der Waals surface area contributed by atoms with Crippen LogP contribution in [0, 0.1) is 0 Å². The van der Waals surface area contributed by atoms with Crippen LogP contribution in [0.15, 0.2) is 113 Å². The number of para-hydroxylation sites is 1. The van der Waals surface area contributed by atoms with Gasteiger partial charge in [0.25, 0.3) is 0 Å². The SMILES string of the molecule is COc1ccc(CN(Cc2ccc(OC)cc2)S(=O)(=O)c2c(S(=O)(=O)NCCCNC(=O)O)ccc(-c3cccc4[nH]c(N)nc34)c2-c2nnnn2Cc2ccc(OC)cc2)cc1. The van der Waals surface area contributed by atoms with Crippen LogP contribution in [0.2, 0.25) is 0 Å². The number of aromatic nitrogens is 6. The molecule has 0 bridgehead atoms. The van der Waals surface area contributed by atoms with Crippen LogP contribution in [0.25, 0.3) is 33.5 Å². The Bertz CT molecular complexity index is 2890. The number of carbonyl (C=O) groups is 1. The normalized spacial score (nSPS) is 11.8. The number of sulfonamides is 2. The van der Waals surface area contributed by atoms with Gasteiger partial charge in [-0.15, -0.1) is 5.10 Å². The molecule has 19 nitrogen and oxygen atoms in total. The van der Waals surface area contributed by atoms with E-state index in [0.29, 0.717) is 45.0 Å². The highest BCUT2D eigenvalue weighted by Gasteiger charge is 2.38. The summed E-state index contributed by atoms with van der Waals surface area (Å²) in [5, 5.41) is 23.9. The first-order chi connectivity index (χ1) is 30.3. The highest BCUT2D eigenvalue weighted by molar-refractivity contribution is 7.92. The van der Waals surface area contributed by atoms with Crippen LogP contribution in [0.1, 0.15) is 23.1 Å². The molecule has 6 N–H and O–H groups in total. The van der Waals surface area contributed by atoms with Crippen molar-refractivity contribution in [2.24, 2.45) is 0 Å². The lowest BCUT2D eigenvalue weighted by atomic mass is 9.97. The van der Waals surface area contributed by atoms with E-state index < -0.39 is 35.9 Å². The molecule has 21 heteroatoms. The molecule has 7 rings (SSSR count). The van der Waals surface area contributed by atoms with Crippen LogP contribution in [0.5, 0.6) is 17.2 Å². The smallest absolute Gasteiger partial charge is 0.404 e. The van der Waals surface area contributed by atoms with Crippen molar-refractivity contribution in [2.75, 3.05) is 40.2 Å². The zero-order valence-corrected chi connectivity index (χ0v) is 36.0. The van der Waals surface area contributed by atoms with Crippen LogP contribution < -0.4 is 30.0 Å². The van der Waals surface area contributed by atoms with Crippen molar-refractivity contribution < 1.29 is 40.9 Å². The number of imidazole rings is 1. The third-order valence-electron chi connectivity index (χ3n) is 10.0. The number of rotatable bonds is 19. The lowest BCUT2D eigenvalue weighted by molar-refractivity contribution is 0.194. The molecular formula is C42H44N10O9S2. The van der Waals surface area contributed by atoms with Gasteiger partial charge in [0, 0.05) is 31.7 Å². The Hall–Kier alpha value is -7.07. The average Bonchev–Trinajstić information content (AvgIpc) is 3.91. The third kappa shape index (κ3) is 9.86. The zero-order valence-electron chi connectivity index (χ0n) is 34.3. The number of nitrogens with two attached hydrogens (primary N) is 1. The van der Waals surface area contributed by atoms with Gasteiger partial charge in [-0.25, -0.2) is 36.0 Å². The van der Waals surface area contributed by atoms with E-state index in [-0.39, 0.29) is 62.0 Å². The maximum atomic E-state index is 16.0. The van der Waals surface area contributed by atoms with Crippen LogP contribution in [-0.4, -0.2) is 96.9 Å². The summed E-state index contributed by atoms with van der Waals surface area (Å²) < 4.78 is 82.3. The summed E-state index contributed by atoms with van der Waals surface area (Å²) in [6.07, 6.45) is -1.22. The van der Waals surface area contributed by atoms with Gasteiger partial charge in [-0.2, -0.15) is 4.31 Å². The van der Waals surface area contributed by atoms with Gasteiger partial charge in [0.05, 0.1) is 44.5 Å². The minimum atomic E-state index is -4.94. The predicted octanol–water partition coefficient (Wildman–Crippen LogP) is 4.87. The second-order valence-corrected chi connectivity index (χ2v) is 17.7. The van der Waals surface area contributed by atoms with Crippen molar-refractivity contribution in [3.63, 3.8) is 0 Å². The Kier molecular flexibility index (Phi) is 13.2. The van der Waals surface area contributed by atoms with E-state index in [4.69, 9.17) is 25.1 Å². The number of aromatic amines is 1. The fourth-order valence-electron chi connectivity index (χ4n) is 6.93. The number of ether oxygens (including phenoxy) is 3. The van der Waals surface area contributed by atoms with Crippen molar-refractivity contribution in [1.82, 2.24) is 44.5 Å². The third-order valence-corrected chi connectivity index (χ3v) is 13.5. The summed E-state index contributed by atoms with van der Waals surface area (Å²) in [7, 11) is -5.06. The summed E-state index contributed by atoms with van der Waals surface area (Å²) in [4.78, 5) is 17.4. The number of hydrogen-bond acceptors (Lipinski definition) is 13. The maximum Gasteiger partial charge on any atom is 0.404 e. The van der Waals surface area contributed by atoms with Crippen molar-refractivity contribution >= 4 is 43.1 Å². The summed E-state index contributed by atoms with van der Waals surface area (Å²) in [5.41, 5.74) is 9.41. The first kappa shape index (κ1) is 44.0. The number of anilines is 1. The Morgan fingerprint density at radius 1 is 0.778 bits per heavy atom. The zero-order chi connectivity index (χ0) is 44.7. The molecule has 5 aromatic carbocycles. The Balaban J connectivity index is 1.51. The number of carboxylic acid groups (broad SMARTS) is 1. The Labute approximate surface area is 362 Å². The molecule has 7 aromatic rings. The van der Waals surface area contributed by atoms with E-state index in [0.717, 1.165) is 5.56 Å². The van der Waals surface area contributed by atoms with Crippen molar-refractivity contribution in [3.05, 3.63) is 120 Å². The van der Waals surface area contributed by atoms with Crippen LogP contribution in [-0.2, 0) is 39.7 Å². The number of hydrogen-bond donors (Lipinski definition) is 5. The van der Waals surface area contributed by atoms with Gasteiger partial charge in [-0.3, -0.25) is 0 Å². The van der Waals surface area contributed by atoms with E-state index in [1.165, 1.54) is 35.3 Å². The van der Waals surface area contributed by atoms with Crippen LogP contribution >= 0.6 is 0 Å². The second-order valence-electron chi connectivity index (χ2n) is 14.1. The molecule has 0 saturated heterocycles. The average molecular weight is 897 g/mol. The maximum absolute atomic E-state index is 16.0. The van der Waals surface area contributed by atoms with Crippen molar-refractivity contribution in [3.8, 4) is 39.8 Å². The van der Waals surface area contributed by atoms with Gasteiger partial charge >= 0.3 is 6.09 Å². The van der Waals surface area contributed by atoms with Gasteiger partial charge in [-0.05, 0) is 87.6 Å². The molecule has 0 aliphatic heterocycles. The number of methoxy groups -OCH3 is 3. The molecule has 0 aliphatic rings. The summed E-state index contributed by atoms with van der Waals surface area (Å²) in [6.45, 7) is -0.683. The number of amides is 1. The van der Waals surface area contributed by atoms with Gasteiger partial charge < -0.3 is 35.4 Å². The summed E-state index contributed by atoms with van der Waals surface area (Å²) in [5.74, 6) is 1.73. The van der Waals surface area contributed by atoms with Crippen molar-refractivity contribution in [1.29, 1.82) is 0 Å². The fraction of sp³-hybridized carbons (Fsp3) is 0.214. The number of nitrogens with one attached hydrogen (secondary N) is 3. The number of nitrogens with zero attached hydrogens (tertiary/aromatic N) is 6.